The number of nitrogens with one attached hydrogen (secondary N) is 1. The fourth-order valence-electron chi connectivity index (χ4n) is 1.23. The molecule has 0 aliphatic heterocycles. The topological polar surface area (TPSA) is 72.2 Å². The van der Waals surface area contributed by atoms with Crippen molar-refractivity contribution in [3.63, 3.8) is 0 Å². The third-order valence-electron chi connectivity index (χ3n) is 2.09. The van der Waals surface area contributed by atoms with Gasteiger partial charge in [0.15, 0.2) is 0 Å². The number of benzene rings is 1. The van der Waals surface area contributed by atoms with Crippen molar-refractivity contribution in [2.45, 2.75) is 17.7 Å². The average Bonchev–Trinajstić information content (AvgIpc) is 2.28. The Morgan fingerprint density at radius 2 is 2.18 bits per heavy atom. The van der Waals surface area contributed by atoms with Crippen LogP contribution in [0.3, 0.4) is 0 Å². The summed E-state index contributed by atoms with van der Waals surface area (Å²) in [6.07, 6.45) is 6.03. The fourth-order valence-corrected chi connectivity index (χ4v) is 2.44. The molecule has 0 spiro atoms. The molecule has 6 heteroatoms. The molecule has 0 atom stereocenters. The SMILES string of the molecule is C#CCCCNS(=O)(=O)c1cccc(F)c1N. The van der Waals surface area contributed by atoms with Gasteiger partial charge in [-0.25, -0.2) is 17.5 Å². The number of nitrogens with two attached hydrogens (primary N) is 1. The van der Waals surface area contributed by atoms with Crippen LogP contribution in [-0.2, 0) is 10.0 Å². The Kier molecular flexibility index (Phi) is 4.49. The van der Waals surface area contributed by atoms with Crippen molar-refractivity contribution in [3.05, 3.63) is 24.0 Å². The quantitative estimate of drug-likeness (QED) is 0.471. The summed E-state index contributed by atoms with van der Waals surface area (Å²) in [5, 5.41) is 0. The van der Waals surface area contributed by atoms with Crippen LogP contribution in [0.4, 0.5) is 10.1 Å². The van der Waals surface area contributed by atoms with Crippen molar-refractivity contribution in [2.24, 2.45) is 0 Å². The van der Waals surface area contributed by atoms with Gasteiger partial charge in [-0.3, -0.25) is 0 Å². The summed E-state index contributed by atoms with van der Waals surface area (Å²) in [6.45, 7) is 0.197. The first-order valence-corrected chi connectivity index (χ1v) is 6.44. The second kappa shape index (κ2) is 5.66. The molecule has 3 N–H and O–H groups in total. The van der Waals surface area contributed by atoms with Crippen LogP contribution in [0, 0.1) is 18.2 Å². The average molecular weight is 256 g/mol. The number of nitrogen functional groups attached to an aromatic ring is 1. The van der Waals surface area contributed by atoms with Crippen LogP contribution in [0.15, 0.2) is 23.1 Å². The van der Waals surface area contributed by atoms with Gasteiger partial charge in [0.05, 0.1) is 5.69 Å². The number of unbranched alkanes of at least 4 members (excludes halogenated alkanes) is 1. The Balaban J connectivity index is 2.84. The summed E-state index contributed by atoms with van der Waals surface area (Å²) in [7, 11) is -3.78. The number of para-hydroxylation sites is 1. The number of anilines is 1. The largest absolute Gasteiger partial charge is 0.395 e. The normalized spacial score (nSPS) is 11.1. The van der Waals surface area contributed by atoms with E-state index in [0.29, 0.717) is 12.8 Å². The summed E-state index contributed by atoms with van der Waals surface area (Å²) >= 11 is 0. The van der Waals surface area contributed by atoms with Crippen molar-refractivity contribution in [1.29, 1.82) is 0 Å². The van der Waals surface area contributed by atoms with E-state index >= 15 is 0 Å². The first-order valence-electron chi connectivity index (χ1n) is 4.96. The van der Waals surface area contributed by atoms with Crippen LogP contribution in [0.1, 0.15) is 12.8 Å². The molecular formula is C11H13FN2O2S. The van der Waals surface area contributed by atoms with E-state index in [1.54, 1.807) is 0 Å². The van der Waals surface area contributed by atoms with Crippen LogP contribution in [0.25, 0.3) is 0 Å². The van der Waals surface area contributed by atoms with E-state index in [2.05, 4.69) is 10.6 Å². The first-order chi connectivity index (χ1) is 7.99. The second-order valence-corrected chi connectivity index (χ2v) is 5.09. The maximum atomic E-state index is 13.1. The zero-order valence-electron chi connectivity index (χ0n) is 9.11. The van der Waals surface area contributed by atoms with E-state index < -0.39 is 15.8 Å². The molecule has 0 heterocycles. The van der Waals surface area contributed by atoms with Crippen molar-refractivity contribution in [3.8, 4) is 12.3 Å². The van der Waals surface area contributed by atoms with E-state index in [9.17, 15) is 12.8 Å². The fraction of sp³-hybridized carbons (Fsp3) is 0.273. The standard InChI is InChI=1S/C11H13FN2O2S/c1-2-3-4-8-14-17(15,16)10-7-5-6-9(12)11(10)13/h1,5-7,14H,3-4,8,13H2. The monoisotopic (exact) mass is 256 g/mol. The number of terminal acetylenes is 1. The lowest BCUT2D eigenvalue weighted by Crippen LogP contribution is -2.25. The minimum atomic E-state index is -3.78. The molecule has 4 nitrogen and oxygen atoms in total. The van der Waals surface area contributed by atoms with Crippen LogP contribution in [-0.4, -0.2) is 15.0 Å². The van der Waals surface area contributed by atoms with Gasteiger partial charge in [0.1, 0.15) is 10.7 Å². The highest BCUT2D eigenvalue weighted by atomic mass is 32.2. The van der Waals surface area contributed by atoms with Gasteiger partial charge >= 0.3 is 0 Å². The van der Waals surface area contributed by atoms with Gasteiger partial charge in [0.25, 0.3) is 0 Å². The van der Waals surface area contributed by atoms with Gasteiger partial charge in [0, 0.05) is 13.0 Å². The van der Waals surface area contributed by atoms with E-state index in [0.717, 1.165) is 6.07 Å². The molecule has 0 aromatic heterocycles. The molecule has 0 saturated heterocycles. The Morgan fingerprint density at radius 3 is 2.82 bits per heavy atom. The van der Waals surface area contributed by atoms with Crippen molar-refractivity contribution in [1.82, 2.24) is 4.72 Å². The Morgan fingerprint density at radius 1 is 1.47 bits per heavy atom. The zero-order valence-corrected chi connectivity index (χ0v) is 9.93. The summed E-state index contributed by atoms with van der Waals surface area (Å²) in [5.41, 5.74) is 4.99. The Bertz CT molecular complexity index is 535. The summed E-state index contributed by atoms with van der Waals surface area (Å²) in [4.78, 5) is -0.252. The third-order valence-corrected chi connectivity index (χ3v) is 3.61. The molecule has 0 fully saturated rings. The number of hydrogen-bond donors (Lipinski definition) is 2. The maximum absolute atomic E-state index is 13.1. The minimum Gasteiger partial charge on any atom is -0.395 e. The molecule has 0 aliphatic rings. The van der Waals surface area contributed by atoms with Crippen LogP contribution < -0.4 is 10.5 Å². The Labute approximate surface area is 100 Å². The highest BCUT2D eigenvalue weighted by Crippen LogP contribution is 2.20. The van der Waals surface area contributed by atoms with Crippen LogP contribution >= 0.6 is 0 Å². The van der Waals surface area contributed by atoms with E-state index in [-0.39, 0.29) is 17.1 Å². The first kappa shape index (κ1) is 13.5. The van der Waals surface area contributed by atoms with E-state index in [1.165, 1.54) is 12.1 Å². The lowest BCUT2D eigenvalue weighted by molar-refractivity contribution is 0.577. The van der Waals surface area contributed by atoms with Crippen LogP contribution in [0.2, 0.25) is 0 Å². The van der Waals surface area contributed by atoms with Crippen LogP contribution in [0.5, 0.6) is 0 Å². The predicted molar refractivity (Wildman–Crippen MR) is 64.1 cm³/mol. The van der Waals surface area contributed by atoms with E-state index in [1.807, 2.05) is 0 Å². The molecule has 1 aromatic rings. The van der Waals surface area contributed by atoms with Gasteiger partial charge in [-0.1, -0.05) is 6.07 Å². The van der Waals surface area contributed by atoms with E-state index in [4.69, 9.17) is 12.2 Å². The highest BCUT2D eigenvalue weighted by molar-refractivity contribution is 7.89. The maximum Gasteiger partial charge on any atom is 0.242 e. The molecule has 0 unspecified atom stereocenters. The summed E-state index contributed by atoms with van der Waals surface area (Å²) in [5.74, 6) is 1.64. The number of hydrogen-bond acceptors (Lipinski definition) is 3. The van der Waals surface area contributed by atoms with Gasteiger partial charge in [-0.15, -0.1) is 12.3 Å². The molecule has 1 aromatic carbocycles. The molecule has 0 aliphatic carbocycles. The number of sulfonamides is 1. The Hall–Kier alpha value is -1.58. The second-order valence-electron chi connectivity index (χ2n) is 3.36. The lowest BCUT2D eigenvalue weighted by Gasteiger charge is -2.08. The van der Waals surface area contributed by atoms with Crippen molar-refractivity contribution < 1.29 is 12.8 Å². The van der Waals surface area contributed by atoms with Gasteiger partial charge in [-0.2, -0.15) is 0 Å². The molecule has 0 amide bonds. The van der Waals surface area contributed by atoms with Crippen molar-refractivity contribution in [2.75, 3.05) is 12.3 Å². The molecule has 1 rings (SSSR count). The zero-order chi connectivity index (χ0) is 12.9. The van der Waals surface area contributed by atoms with Gasteiger partial charge < -0.3 is 5.73 Å². The van der Waals surface area contributed by atoms with Gasteiger partial charge in [0.2, 0.25) is 10.0 Å². The number of halogens is 1. The molecule has 0 radical (unpaired) electrons. The lowest BCUT2D eigenvalue weighted by atomic mass is 10.3. The molecule has 17 heavy (non-hydrogen) atoms. The number of rotatable bonds is 5. The molecule has 0 bridgehead atoms. The minimum absolute atomic E-state index is 0.197. The summed E-state index contributed by atoms with van der Waals surface area (Å²) < 4.78 is 38.9. The molecule has 0 saturated carbocycles. The smallest absolute Gasteiger partial charge is 0.242 e. The summed E-state index contributed by atoms with van der Waals surface area (Å²) in [6, 6.07) is 3.65. The van der Waals surface area contributed by atoms with Crippen molar-refractivity contribution >= 4 is 15.7 Å². The molecule has 92 valence electrons. The predicted octanol–water partition coefficient (Wildman–Crippen LogP) is 1.10. The highest BCUT2D eigenvalue weighted by Gasteiger charge is 2.18. The molecular weight excluding hydrogens is 243 g/mol. The van der Waals surface area contributed by atoms with Gasteiger partial charge in [-0.05, 0) is 18.6 Å². The third kappa shape index (κ3) is 3.44.